The van der Waals surface area contributed by atoms with Gasteiger partial charge in [-0.3, -0.25) is 14.5 Å². The van der Waals surface area contributed by atoms with Crippen molar-refractivity contribution in [1.82, 2.24) is 30.0 Å². The molecule has 0 radical (unpaired) electrons. The highest BCUT2D eigenvalue weighted by atomic mass is 16.1. The Bertz CT molecular complexity index is 1370. The molecule has 9 nitrogen and oxygen atoms in total. The first kappa shape index (κ1) is 20.7. The molecule has 0 bridgehead atoms. The number of nitrogens with zero attached hydrogens (tertiary/aromatic N) is 6. The van der Waals surface area contributed by atoms with Gasteiger partial charge < -0.3 is 15.5 Å². The summed E-state index contributed by atoms with van der Waals surface area (Å²) in [6.07, 6.45) is 11.3. The maximum Gasteiger partial charge on any atom is 0.257 e. The number of fused-ring (bicyclic) bond motifs is 1. The van der Waals surface area contributed by atoms with E-state index in [0.29, 0.717) is 16.8 Å². The van der Waals surface area contributed by atoms with Crippen LogP contribution in [0.3, 0.4) is 0 Å². The summed E-state index contributed by atoms with van der Waals surface area (Å²) < 4.78 is 1.76. The molecule has 0 atom stereocenters. The number of nitrogens with one attached hydrogen (secondary N) is 2. The van der Waals surface area contributed by atoms with Crippen LogP contribution in [0.1, 0.15) is 23.2 Å². The lowest BCUT2D eigenvalue weighted by atomic mass is 9.73. The molecule has 2 N–H and O–H groups in total. The molecule has 0 saturated carbocycles. The number of pyridine rings is 3. The van der Waals surface area contributed by atoms with Gasteiger partial charge in [-0.2, -0.15) is 5.10 Å². The van der Waals surface area contributed by atoms with Gasteiger partial charge >= 0.3 is 0 Å². The Morgan fingerprint density at radius 2 is 1.88 bits per heavy atom. The lowest BCUT2D eigenvalue weighted by Crippen LogP contribution is -2.58. The smallest absolute Gasteiger partial charge is 0.257 e. The van der Waals surface area contributed by atoms with Gasteiger partial charge in [0, 0.05) is 73.9 Å². The second-order valence-corrected chi connectivity index (χ2v) is 9.34. The van der Waals surface area contributed by atoms with E-state index in [9.17, 15) is 4.79 Å². The predicted octanol–water partition coefficient (Wildman–Crippen LogP) is 2.87. The van der Waals surface area contributed by atoms with Crippen molar-refractivity contribution < 1.29 is 4.79 Å². The molecule has 1 spiro atoms. The third kappa shape index (κ3) is 3.88. The highest BCUT2D eigenvalue weighted by Gasteiger charge is 2.39. The number of hydrogen-bond donors (Lipinski definition) is 2. The second-order valence-electron chi connectivity index (χ2n) is 9.34. The van der Waals surface area contributed by atoms with Crippen LogP contribution in [-0.2, 0) is 7.05 Å². The Hall–Kier alpha value is -3.85. The van der Waals surface area contributed by atoms with E-state index in [-0.39, 0.29) is 5.91 Å². The van der Waals surface area contributed by atoms with E-state index >= 15 is 0 Å². The van der Waals surface area contributed by atoms with Crippen LogP contribution in [-0.4, -0.2) is 56.8 Å². The Balaban J connectivity index is 1.19. The number of carbonyl (C=O) groups excluding carboxylic acids is 1. The number of aryl methyl sites for hydroxylation is 1. The topological polar surface area (TPSA) is 101 Å². The van der Waals surface area contributed by atoms with Crippen LogP contribution in [0, 0.1) is 5.41 Å². The summed E-state index contributed by atoms with van der Waals surface area (Å²) in [4.78, 5) is 28.7. The number of anilines is 2. The summed E-state index contributed by atoms with van der Waals surface area (Å²) in [6, 6.07) is 7.49. The maximum absolute atomic E-state index is 13.0. The minimum absolute atomic E-state index is 0.205. The molecule has 2 aliphatic rings. The Morgan fingerprint density at radius 3 is 2.62 bits per heavy atom. The molecule has 2 fully saturated rings. The van der Waals surface area contributed by atoms with Crippen molar-refractivity contribution in [2.45, 2.75) is 12.8 Å². The van der Waals surface area contributed by atoms with Crippen molar-refractivity contribution >= 4 is 28.4 Å². The normalized spacial score (nSPS) is 17.0. The molecular formula is C25H26N8O. The molecule has 0 aliphatic carbocycles. The molecule has 2 aliphatic heterocycles. The molecule has 172 valence electrons. The lowest BCUT2D eigenvalue weighted by Gasteiger charge is -2.48. The maximum atomic E-state index is 13.0. The summed E-state index contributed by atoms with van der Waals surface area (Å²) in [7, 11) is 1.88. The van der Waals surface area contributed by atoms with E-state index < -0.39 is 0 Å². The van der Waals surface area contributed by atoms with E-state index in [0.717, 1.165) is 66.9 Å². The fourth-order valence-electron chi connectivity index (χ4n) is 4.79. The minimum Gasteiger partial charge on any atom is -0.357 e. The van der Waals surface area contributed by atoms with Gasteiger partial charge in [0.15, 0.2) is 0 Å². The number of hydrogen-bond acceptors (Lipinski definition) is 7. The summed E-state index contributed by atoms with van der Waals surface area (Å²) in [5, 5.41) is 11.4. The van der Waals surface area contributed by atoms with Crippen molar-refractivity contribution in [2.75, 3.05) is 36.4 Å². The van der Waals surface area contributed by atoms with Gasteiger partial charge in [-0.25, -0.2) is 9.97 Å². The van der Waals surface area contributed by atoms with Crippen molar-refractivity contribution in [3.63, 3.8) is 0 Å². The average Bonchev–Trinajstić information content (AvgIpc) is 3.29. The summed E-state index contributed by atoms with van der Waals surface area (Å²) in [5.41, 5.74) is 3.75. The second kappa shape index (κ2) is 8.18. The Morgan fingerprint density at radius 1 is 1.03 bits per heavy atom. The number of piperidine rings is 1. The van der Waals surface area contributed by atoms with Crippen molar-refractivity contribution in [2.24, 2.45) is 12.5 Å². The summed E-state index contributed by atoms with van der Waals surface area (Å²) in [5.74, 6) is 1.13. The molecule has 6 heterocycles. The molecule has 2 saturated heterocycles. The monoisotopic (exact) mass is 454 g/mol. The number of carbonyl (C=O) groups is 1. The number of rotatable bonds is 4. The van der Waals surface area contributed by atoms with Crippen LogP contribution in [0.2, 0.25) is 0 Å². The van der Waals surface area contributed by atoms with Crippen LogP contribution in [0.25, 0.3) is 22.0 Å². The Labute approximate surface area is 197 Å². The van der Waals surface area contributed by atoms with Crippen LogP contribution in [0.4, 0.5) is 11.6 Å². The SMILES string of the molecule is Cn1cc(-c2cnc3cnc(NC(=O)c4ccnc(N5CCC6(CC5)CNC6)c4)cc3c2)cn1. The minimum atomic E-state index is -0.205. The zero-order valence-electron chi connectivity index (χ0n) is 19.0. The first-order valence-corrected chi connectivity index (χ1v) is 11.5. The molecule has 9 heteroatoms. The summed E-state index contributed by atoms with van der Waals surface area (Å²) >= 11 is 0. The zero-order chi connectivity index (χ0) is 23.1. The van der Waals surface area contributed by atoms with Crippen LogP contribution in [0.5, 0.6) is 0 Å². The van der Waals surface area contributed by atoms with Crippen molar-refractivity contribution in [3.05, 3.63) is 60.8 Å². The fourth-order valence-corrected chi connectivity index (χ4v) is 4.79. The van der Waals surface area contributed by atoms with Gasteiger partial charge in [-0.1, -0.05) is 0 Å². The standard InChI is InChI=1S/C25H26N8O/c1-32-14-20(12-30-32)19-8-18-9-22(29-13-21(18)28-11-19)31-24(34)17-2-5-27-23(10-17)33-6-3-25(4-7-33)15-26-16-25/h2,5,8-14,26H,3-4,6-7,15-16H2,1H3,(H,29,31,34). The molecule has 4 aromatic heterocycles. The number of amides is 1. The van der Waals surface area contributed by atoms with E-state index in [1.807, 2.05) is 37.6 Å². The first-order chi connectivity index (χ1) is 16.6. The van der Waals surface area contributed by atoms with E-state index in [4.69, 9.17) is 0 Å². The zero-order valence-corrected chi connectivity index (χ0v) is 19.0. The lowest BCUT2D eigenvalue weighted by molar-refractivity contribution is 0.102. The average molecular weight is 455 g/mol. The number of aromatic nitrogens is 5. The Kier molecular flexibility index (Phi) is 4.99. The predicted molar refractivity (Wildman–Crippen MR) is 131 cm³/mol. The van der Waals surface area contributed by atoms with Gasteiger partial charge in [-0.15, -0.1) is 0 Å². The molecule has 4 aromatic rings. The van der Waals surface area contributed by atoms with E-state index in [1.165, 1.54) is 0 Å². The van der Waals surface area contributed by atoms with E-state index in [2.05, 4.69) is 35.6 Å². The van der Waals surface area contributed by atoms with Gasteiger partial charge in [0.2, 0.25) is 0 Å². The van der Waals surface area contributed by atoms with Gasteiger partial charge in [0.25, 0.3) is 5.91 Å². The van der Waals surface area contributed by atoms with E-state index in [1.54, 1.807) is 29.3 Å². The highest BCUT2D eigenvalue weighted by Crippen LogP contribution is 2.36. The summed E-state index contributed by atoms with van der Waals surface area (Å²) in [6.45, 7) is 4.18. The van der Waals surface area contributed by atoms with Gasteiger partial charge in [0.1, 0.15) is 11.6 Å². The highest BCUT2D eigenvalue weighted by molar-refractivity contribution is 6.04. The molecule has 6 rings (SSSR count). The first-order valence-electron chi connectivity index (χ1n) is 11.5. The van der Waals surface area contributed by atoms with Crippen molar-refractivity contribution in [3.8, 4) is 11.1 Å². The van der Waals surface area contributed by atoms with Crippen LogP contribution < -0.4 is 15.5 Å². The quantitative estimate of drug-likeness (QED) is 0.489. The van der Waals surface area contributed by atoms with Crippen molar-refractivity contribution in [1.29, 1.82) is 0 Å². The third-order valence-electron chi connectivity index (χ3n) is 7.00. The molecular weight excluding hydrogens is 428 g/mol. The molecule has 0 aromatic carbocycles. The molecule has 0 unspecified atom stereocenters. The van der Waals surface area contributed by atoms with Gasteiger partial charge in [-0.05, 0) is 42.5 Å². The molecule has 34 heavy (non-hydrogen) atoms. The molecule has 1 amide bonds. The van der Waals surface area contributed by atoms with Gasteiger partial charge in [0.05, 0.1) is 17.9 Å². The van der Waals surface area contributed by atoms with Crippen LogP contribution >= 0.6 is 0 Å². The van der Waals surface area contributed by atoms with Crippen LogP contribution in [0.15, 0.2) is 55.2 Å². The fraction of sp³-hybridized carbons (Fsp3) is 0.320. The third-order valence-corrected chi connectivity index (χ3v) is 7.00. The largest absolute Gasteiger partial charge is 0.357 e.